The highest BCUT2D eigenvalue weighted by Crippen LogP contribution is 2.28. The molecule has 8 heteroatoms. The predicted octanol–water partition coefficient (Wildman–Crippen LogP) is 3.49. The van der Waals surface area contributed by atoms with E-state index in [1.807, 2.05) is 11.4 Å². The van der Waals surface area contributed by atoms with Crippen LogP contribution >= 0.6 is 15.9 Å². The minimum Gasteiger partial charge on any atom is -0.380 e. The van der Waals surface area contributed by atoms with Crippen LogP contribution in [0.3, 0.4) is 0 Å². The van der Waals surface area contributed by atoms with Gasteiger partial charge in [0.2, 0.25) is 5.91 Å². The highest BCUT2D eigenvalue weighted by molar-refractivity contribution is 9.10. The third-order valence-electron chi connectivity index (χ3n) is 3.62. The Balaban J connectivity index is 2.00. The third-order valence-corrected chi connectivity index (χ3v) is 4.06. The molecule has 0 spiro atoms. The number of pyridine rings is 1. The number of rotatable bonds is 4. The Bertz CT molecular complexity index is 524. The van der Waals surface area contributed by atoms with Gasteiger partial charge in [0.05, 0.1) is 17.8 Å². The number of alkyl halides is 3. The van der Waals surface area contributed by atoms with Gasteiger partial charge in [0.25, 0.3) is 0 Å². The summed E-state index contributed by atoms with van der Waals surface area (Å²) >= 11 is 3.31. The molecule has 1 fully saturated rings. The molecule has 2 unspecified atom stereocenters. The Labute approximate surface area is 135 Å². The monoisotopic (exact) mass is 379 g/mol. The number of amides is 1. The van der Waals surface area contributed by atoms with Crippen LogP contribution in [0.2, 0.25) is 0 Å². The lowest BCUT2D eigenvalue weighted by Crippen LogP contribution is -2.45. The Kier molecular flexibility index (Phi) is 5.66. The molecule has 0 bridgehead atoms. The summed E-state index contributed by atoms with van der Waals surface area (Å²) in [6.07, 6.45) is 2.01. The summed E-state index contributed by atoms with van der Waals surface area (Å²) in [7, 11) is 0. The standard InChI is InChI=1S/C14H17BrF3N3O/c15-9-5-10(7-19-6-9)21-12-4-2-1-3-11(12)13(22)20-8-14(16,17)18/h5-7,11-12,21H,1-4,8H2,(H,20,22). The van der Waals surface area contributed by atoms with Gasteiger partial charge in [-0.15, -0.1) is 0 Å². The molecule has 22 heavy (non-hydrogen) atoms. The van der Waals surface area contributed by atoms with Gasteiger partial charge < -0.3 is 10.6 Å². The van der Waals surface area contributed by atoms with Crippen molar-refractivity contribution in [2.24, 2.45) is 5.92 Å². The first-order chi connectivity index (χ1) is 10.3. The van der Waals surface area contributed by atoms with E-state index in [-0.39, 0.29) is 6.04 Å². The van der Waals surface area contributed by atoms with Gasteiger partial charge >= 0.3 is 6.18 Å². The van der Waals surface area contributed by atoms with Crippen LogP contribution in [0.15, 0.2) is 22.9 Å². The number of aromatic nitrogens is 1. The molecule has 1 aliphatic rings. The zero-order valence-corrected chi connectivity index (χ0v) is 13.4. The molecule has 2 N–H and O–H groups in total. The van der Waals surface area contributed by atoms with E-state index in [2.05, 4.69) is 26.2 Å². The van der Waals surface area contributed by atoms with Crippen molar-refractivity contribution in [2.45, 2.75) is 37.9 Å². The Morgan fingerprint density at radius 1 is 1.32 bits per heavy atom. The van der Waals surface area contributed by atoms with Gasteiger partial charge in [0, 0.05) is 16.7 Å². The highest BCUT2D eigenvalue weighted by atomic mass is 79.9. The van der Waals surface area contributed by atoms with Crippen molar-refractivity contribution in [1.82, 2.24) is 10.3 Å². The summed E-state index contributed by atoms with van der Waals surface area (Å²) in [4.78, 5) is 16.1. The Morgan fingerprint density at radius 2 is 2.05 bits per heavy atom. The summed E-state index contributed by atoms with van der Waals surface area (Å²) in [5, 5.41) is 5.21. The van der Waals surface area contributed by atoms with Gasteiger partial charge in [-0.1, -0.05) is 12.8 Å². The lowest BCUT2D eigenvalue weighted by molar-refractivity contribution is -0.141. The van der Waals surface area contributed by atoms with Crippen molar-refractivity contribution in [3.63, 3.8) is 0 Å². The molecular weight excluding hydrogens is 363 g/mol. The lowest BCUT2D eigenvalue weighted by atomic mass is 9.83. The van der Waals surface area contributed by atoms with E-state index in [9.17, 15) is 18.0 Å². The van der Waals surface area contributed by atoms with Gasteiger partial charge in [-0.2, -0.15) is 13.2 Å². The van der Waals surface area contributed by atoms with E-state index in [0.29, 0.717) is 6.42 Å². The maximum atomic E-state index is 12.2. The van der Waals surface area contributed by atoms with Crippen LogP contribution in [-0.4, -0.2) is 29.7 Å². The molecule has 1 aromatic heterocycles. The van der Waals surface area contributed by atoms with E-state index >= 15 is 0 Å². The largest absolute Gasteiger partial charge is 0.405 e. The van der Waals surface area contributed by atoms with Crippen molar-refractivity contribution < 1.29 is 18.0 Å². The lowest BCUT2D eigenvalue weighted by Gasteiger charge is -2.32. The number of nitrogens with zero attached hydrogens (tertiary/aromatic N) is 1. The maximum absolute atomic E-state index is 12.2. The fraction of sp³-hybridized carbons (Fsp3) is 0.571. The summed E-state index contributed by atoms with van der Waals surface area (Å²) in [5.74, 6) is -1.01. The summed E-state index contributed by atoms with van der Waals surface area (Å²) in [5.41, 5.74) is 0.745. The molecule has 1 aliphatic carbocycles. The third kappa shape index (κ3) is 5.15. The van der Waals surface area contributed by atoms with Crippen molar-refractivity contribution in [3.05, 3.63) is 22.9 Å². The number of anilines is 1. The van der Waals surface area contributed by atoms with Crippen LogP contribution in [0.25, 0.3) is 0 Å². The minimum atomic E-state index is -4.39. The van der Waals surface area contributed by atoms with Crippen LogP contribution in [-0.2, 0) is 4.79 Å². The number of halogens is 4. The topological polar surface area (TPSA) is 54.0 Å². The molecule has 122 valence electrons. The number of hydrogen-bond acceptors (Lipinski definition) is 3. The second-order valence-electron chi connectivity index (χ2n) is 5.37. The molecule has 1 aromatic rings. The average molecular weight is 380 g/mol. The van der Waals surface area contributed by atoms with E-state index in [0.717, 1.165) is 29.4 Å². The van der Waals surface area contributed by atoms with E-state index in [4.69, 9.17) is 0 Å². The predicted molar refractivity (Wildman–Crippen MR) is 80.4 cm³/mol. The van der Waals surface area contributed by atoms with Crippen LogP contribution in [0.1, 0.15) is 25.7 Å². The second-order valence-corrected chi connectivity index (χ2v) is 6.28. The molecule has 1 heterocycles. The molecule has 0 saturated heterocycles. The summed E-state index contributed by atoms with van der Waals surface area (Å²) in [6.45, 7) is -1.28. The van der Waals surface area contributed by atoms with Crippen molar-refractivity contribution >= 4 is 27.5 Å². The molecule has 2 atom stereocenters. The van der Waals surface area contributed by atoms with Crippen LogP contribution in [0.5, 0.6) is 0 Å². The van der Waals surface area contributed by atoms with Crippen LogP contribution < -0.4 is 10.6 Å². The normalized spacial score (nSPS) is 22.2. The van der Waals surface area contributed by atoms with Gasteiger partial charge in [-0.3, -0.25) is 9.78 Å². The molecule has 0 aliphatic heterocycles. The Morgan fingerprint density at radius 3 is 2.73 bits per heavy atom. The smallest absolute Gasteiger partial charge is 0.380 e. The van der Waals surface area contributed by atoms with E-state index in [1.54, 1.807) is 12.4 Å². The molecular formula is C14H17BrF3N3O. The molecule has 0 aromatic carbocycles. The van der Waals surface area contributed by atoms with E-state index in [1.165, 1.54) is 0 Å². The quantitative estimate of drug-likeness (QED) is 0.841. The molecule has 2 rings (SSSR count). The zero-order chi connectivity index (χ0) is 16.2. The zero-order valence-electron chi connectivity index (χ0n) is 11.8. The van der Waals surface area contributed by atoms with E-state index < -0.39 is 24.5 Å². The first-order valence-electron chi connectivity index (χ1n) is 7.07. The van der Waals surface area contributed by atoms with Gasteiger partial charge in [-0.25, -0.2) is 0 Å². The number of carbonyl (C=O) groups is 1. The first kappa shape index (κ1) is 17.1. The molecule has 1 amide bonds. The molecule has 0 radical (unpaired) electrons. The fourth-order valence-electron chi connectivity index (χ4n) is 2.64. The SMILES string of the molecule is O=C(NCC(F)(F)F)C1CCCCC1Nc1cncc(Br)c1. The summed E-state index contributed by atoms with van der Waals surface area (Å²) < 4.78 is 37.5. The number of nitrogens with one attached hydrogen (secondary N) is 2. The Hall–Kier alpha value is -1.31. The molecule has 4 nitrogen and oxygen atoms in total. The van der Waals surface area contributed by atoms with Crippen LogP contribution in [0.4, 0.5) is 18.9 Å². The molecule has 1 saturated carbocycles. The highest BCUT2D eigenvalue weighted by Gasteiger charge is 2.34. The van der Waals surface area contributed by atoms with Gasteiger partial charge in [0.15, 0.2) is 0 Å². The average Bonchev–Trinajstić information content (AvgIpc) is 2.45. The fourth-order valence-corrected chi connectivity index (χ4v) is 3.01. The number of carbonyl (C=O) groups excluding carboxylic acids is 1. The number of hydrogen-bond donors (Lipinski definition) is 2. The first-order valence-corrected chi connectivity index (χ1v) is 7.86. The van der Waals surface area contributed by atoms with Crippen LogP contribution in [0, 0.1) is 5.92 Å². The minimum absolute atomic E-state index is 0.182. The maximum Gasteiger partial charge on any atom is 0.405 e. The van der Waals surface area contributed by atoms with Crippen molar-refractivity contribution in [2.75, 3.05) is 11.9 Å². The van der Waals surface area contributed by atoms with Crippen molar-refractivity contribution in [1.29, 1.82) is 0 Å². The van der Waals surface area contributed by atoms with Gasteiger partial charge in [-0.05, 0) is 34.8 Å². The second kappa shape index (κ2) is 7.30. The van der Waals surface area contributed by atoms with Crippen molar-refractivity contribution in [3.8, 4) is 0 Å². The van der Waals surface area contributed by atoms with Gasteiger partial charge in [0.1, 0.15) is 6.54 Å². The summed E-state index contributed by atoms with van der Waals surface area (Å²) in [6, 6.07) is 1.64.